The molecule has 9 heteroatoms. The van der Waals surface area contributed by atoms with Crippen LogP contribution in [0.5, 0.6) is 5.75 Å². The zero-order chi connectivity index (χ0) is 20.2. The number of hydrogen-bond donors (Lipinski definition) is 2. The fourth-order valence-electron chi connectivity index (χ4n) is 3.03. The second-order valence-electron chi connectivity index (χ2n) is 6.17. The second-order valence-corrected chi connectivity index (χ2v) is 7.12. The van der Waals surface area contributed by atoms with E-state index >= 15 is 0 Å². The summed E-state index contributed by atoms with van der Waals surface area (Å²) in [5.74, 6) is 2.34. The van der Waals surface area contributed by atoms with Gasteiger partial charge in [0.15, 0.2) is 5.16 Å². The largest absolute Gasteiger partial charge is 0.495 e. The summed E-state index contributed by atoms with van der Waals surface area (Å²) in [6, 6.07) is 15.7. The summed E-state index contributed by atoms with van der Waals surface area (Å²) in [4.78, 5) is 17.7. The molecule has 2 aromatic heterocycles. The normalized spacial score (nSPS) is 11.0. The summed E-state index contributed by atoms with van der Waals surface area (Å²) in [6.07, 6.45) is 0. The number of rotatable bonds is 7. The maximum absolute atomic E-state index is 5.91. The molecule has 0 saturated heterocycles. The number of nitrogen functional groups attached to an aromatic ring is 1. The van der Waals surface area contributed by atoms with Gasteiger partial charge >= 0.3 is 0 Å². The van der Waals surface area contributed by atoms with Gasteiger partial charge in [-0.05, 0) is 31.2 Å². The number of para-hydroxylation sites is 4. The number of benzene rings is 2. The Bertz CT molecular complexity index is 1140. The molecule has 4 aromatic rings. The van der Waals surface area contributed by atoms with Gasteiger partial charge in [-0.3, -0.25) is 0 Å². The topological polar surface area (TPSA) is 104 Å². The summed E-state index contributed by atoms with van der Waals surface area (Å²) in [7, 11) is 1.62. The Morgan fingerprint density at radius 3 is 2.66 bits per heavy atom. The van der Waals surface area contributed by atoms with E-state index in [1.165, 1.54) is 0 Å². The van der Waals surface area contributed by atoms with E-state index in [9.17, 15) is 0 Å². The highest BCUT2D eigenvalue weighted by atomic mass is 32.2. The van der Waals surface area contributed by atoms with Crippen molar-refractivity contribution in [2.24, 2.45) is 0 Å². The van der Waals surface area contributed by atoms with Crippen LogP contribution in [0.15, 0.2) is 53.7 Å². The fraction of sp³-hybridized carbons (Fsp3) is 0.200. The lowest BCUT2D eigenvalue weighted by molar-refractivity contribution is 0.417. The van der Waals surface area contributed by atoms with Crippen molar-refractivity contribution in [3.05, 3.63) is 54.4 Å². The molecule has 2 aromatic carbocycles. The monoisotopic (exact) mass is 407 g/mol. The van der Waals surface area contributed by atoms with E-state index in [1.54, 1.807) is 18.9 Å². The molecule has 0 aliphatic heterocycles. The highest BCUT2D eigenvalue weighted by Gasteiger charge is 2.12. The Morgan fingerprint density at radius 2 is 1.83 bits per heavy atom. The van der Waals surface area contributed by atoms with Crippen LogP contribution in [0.4, 0.5) is 17.6 Å². The third kappa shape index (κ3) is 4.09. The maximum atomic E-state index is 5.91. The first kappa shape index (κ1) is 19.0. The first-order valence-electron chi connectivity index (χ1n) is 9.16. The van der Waals surface area contributed by atoms with Crippen LogP contribution in [-0.4, -0.2) is 31.6 Å². The molecule has 0 atom stereocenters. The predicted octanol–water partition coefficient (Wildman–Crippen LogP) is 3.87. The molecule has 0 aliphatic rings. The predicted molar refractivity (Wildman–Crippen MR) is 115 cm³/mol. The van der Waals surface area contributed by atoms with Gasteiger partial charge in [-0.15, -0.1) is 0 Å². The Labute approximate surface area is 172 Å². The Morgan fingerprint density at radius 1 is 1.03 bits per heavy atom. The van der Waals surface area contributed by atoms with Crippen LogP contribution in [0.25, 0.3) is 11.0 Å². The lowest BCUT2D eigenvalue weighted by Crippen LogP contribution is -2.07. The Hall–Kier alpha value is -3.33. The molecule has 0 bridgehead atoms. The second kappa shape index (κ2) is 8.36. The molecule has 29 heavy (non-hydrogen) atoms. The Kier molecular flexibility index (Phi) is 5.48. The summed E-state index contributed by atoms with van der Waals surface area (Å²) >= 11 is 1.57. The van der Waals surface area contributed by atoms with Crippen LogP contribution < -0.4 is 15.8 Å². The number of ether oxygens (including phenoxy) is 1. The first-order chi connectivity index (χ1) is 14.2. The van der Waals surface area contributed by atoms with Crippen LogP contribution in [-0.2, 0) is 12.3 Å². The van der Waals surface area contributed by atoms with Crippen LogP contribution in [0.1, 0.15) is 12.7 Å². The number of nitrogens with two attached hydrogens (primary N) is 1. The van der Waals surface area contributed by atoms with Crippen LogP contribution in [0.3, 0.4) is 0 Å². The van der Waals surface area contributed by atoms with Gasteiger partial charge in [-0.25, -0.2) is 4.98 Å². The number of thioether (sulfide) groups is 1. The number of aryl methyl sites for hydroxylation is 1. The minimum atomic E-state index is 0.164. The molecule has 0 spiro atoms. The molecular formula is C20H21N7OS. The molecule has 0 fully saturated rings. The zero-order valence-corrected chi connectivity index (χ0v) is 17.0. The highest BCUT2D eigenvalue weighted by Crippen LogP contribution is 2.28. The number of aromatic nitrogens is 5. The maximum Gasteiger partial charge on any atom is 0.232 e. The van der Waals surface area contributed by atoms with E-state index in [-0.39, 0.29) is 5.95 Å². The van der Waals surface area contributed by atoms with Crippen molar-refractivity contribution in [1.29, 1.82) is 0 Å². The van der Waals surface area contributed by atoms with Gasteiger partial charge in [0.05, 0.1) is 29.6 Å². The van der Waals surface area contributed by atoms with Crippen molar-refractivity contribution < 1.29 is 4.74 Å². The van der Waals surface area contributed by atoms with E-state index in [1.807, 2.05) is 42.5 Å². The van der Waals surface area contributed by atoms with Crippen molar-refractivity contribution in [3.63, 3.8) is 0 Å². The fourth-order valence-corrected chi connectivity index (χ4v) is 3.96. The summed E-state index contributed by atoms with van der Waals surface area (Å²) in [5, 5.41) is 4.07. The highest BCUT2D eigenvalue weighted by molar-refractivity contribution is 7.98. The van der Waals surface area contributed by atoms with E-state index < -0.39 is 0 Å². The number of hydrogen-bond acceptors (Lipinski definition) is 8. The van der Waals surface area contributed by atoms with Crippen LogP contribution in [0, 0.1) is 0 Å². The van der Waals surface area contributed by atoms with Crippen LogP contribution in [0.2, 0.25) is 0 Å². The van der Waals surface area contributed by atoms with Gasteiger partial charge < -0.3 is 20.4 Å². The van der Waals surface area contributed by atoms with Crippen molar-refractivity contribution in [3.8, 4) is 5.75 Å². The van der Waals surface area contributed by atoms with E-state index in [0.29, 0.717) is 23.3 Å². The molecule has 8 nitrogen and oxygen atoms in total. The van der Waals surface area contributed by atoms with Gasteiger partial charge in [0.25, 0.3) is 0 Å². The number of nitrogens with one attached hydrogen (secondary N) is 1. The van der Waals surface area contributed by atoms with Crippen molar-refractivity contribution in [2.45, 2.75) is 24.4 Å². The van der Waals surface area contributed by atoms with Crippen molar-refractivity contribution in [1.82, 2.24) is 24.5 Å². The standard InChI is InChI=1S/C20H21N7OS/c1-3-27-15-10-6-4-8-13(15)23-20(27)29-12-17-24-18(21)26-19(25-17)22-14-9-5-7-11-16(14)28-2/h4-11H,3,12H2,1-2H3,(H3,21,22,24,25,26). The van der Waals surface area contributed by atoms with Crippen molar-refractivity contribution >= 4 is 40.4 Å². The molecule has 4 rings (SSSR count). The zero-order valence-electron chi connectivity index (χ0n) is 16.2. The molecular weight excluding hydrogens is 386 g/mol. The first-order valence-corrected chi connectivity index (χ1v) is 10.1. The summed E-state index contributed by atoms with van der Waals surface area (Å²) in [5.41, 5.74) is 8.76. The molecule has 0 aliphatic carbocycles. The number of fused-ring (bicyclic) bond motifs is 1. The van der Waals surface area contributed by atoms with E-state index in [4.69, 9.17) is 15.5 Å². The molecule has 2 heterocycles. The molecule has 0 unspecified atom stereocenters. The minimum Gasteiger partial charge on any atom is -0.495 e. The van der Waals surface area contributed by atoms with Crippen molar-refractivity contribution in [2.75, 3.05) is 18.2 Å². The average molecular weight is 408 g/mol. The third-order valence-corrected chi connectivity index (χ3v) is 5.29. The number of methoxy groups -OCH3 is 1. The SMILES string of the molecule is CCn1c(SCc2nc(N)nc(Nc3ccccc3OC)n2)nc2ccccc21. The quantitative estimate of drug-likeness (QED) is 0.445. The molecule has 3 N–H and O–H groups in total. The number of nitrogens with zero attached hydrogens (tertiary/aromatic N) is 5. The lowest BCUT2D eigenvalue weighted by Gasteiger charge is -2.10. The number of anilines is 3. The Balaban J connectivity index is 1.56. The number of imidazole rings is 1. The molecule has 148 valence electrons. The van der Waals surface area contributed by atoms with Gasteiger partial charge in [-0.2, -0.15) is 15.0 Å². The van der Waals surface area contributed by atoms with Gasteiger partial charge in [0.2, 0.25) is 11.9 Å². The average Bonchev–Trinajstić information content (AvgIpc) is 3.10. The molecule has 0 radical (unpaired) electrons. The molecule has 0 saturated carbocycles. The summed E-state index contributed by atoms with van der Waals surface area (Å²) < 4.78 is 7.54. The molecule has 0 amide bonds. The van der Waals surface area contributed by atoms with Gasteiger partial charge in [0, 0.05) is 6.54 Å². The smallest absolute Gasteiger partial charge is 0.232 e. The lowest BCUT2D eigenvalue weighted by atomic mass is 10.3. The van der Waals surface area contributed by atoms with Gasteiger partial charge in [0.1, 0.15) is 11.6 Å². The third-order valence-electron chi connectivity index (χ3n) is 4.32. The minimum absolute atomic E-state index is 0.164. The summed E-state index contributed by atoms with van der Waals surface area (Å²) in [6.45, 7) is 2.94. The van der Waals surface area contributed by atoms with Crippen LogP contribution >= 0.6 is 11.8 Å². The van der Waals surface area contributed by atoms with E-state index in [0.717, 1.165) is 28.4 Å². The van der Waals surface area contributed by atoms with Gasteiger partial charge in [-0.1, -0.05) is 36.0 Å². The van der Waals surface area contributed by atoms with E-state index in [2.05, 4.69) is 37.8 Å².